The van der Waals surface area contributed by atoms with Crippen molar-refractivity contribution in [3.8, 4) is 17.0 Å². The number of hydrogen-bond donors (Lipinski definition) is 1. The highest BCUT2D eigenvalue weighted by molar-refractivity contribution is 5.67. The highest BCUT2D eigenvalue weighted by atomic mass is 16.5. The van der Waals surface area contributed by atoms with Crippen LogP contribution in [0.5, 0.6) is 5.75 Å². The number of hydrogen-bond acceptors (Lipinski definition) is 5. The molecular weight excluding hydrogens is 348 g/mol. The van der Waals surface area contributed by atoms with E-state index in [2.05, 4.69) is 36.2 Å². The van der Waals surface area contributed by atoms with Gasteiger partial charge in [-0.15, -0.1) is 0 Å². The van der Waals surface area contributed by atoms with E-state index in [1.165, 1.54) is 0 Å². The topological polar surface area (TPSA) is 50.3 Å². The van der Waals surface area contributed by atoms with Crippen LogP contribution in [-0.2, 0) is 0 Å². The van der Waals surface area contributed by atoms with E-state index in [0.29, 0.717) is 0 Å². The summed E-state index contributed by atoms with van der Waals surface area (Å²) >= 11 is 0. The van der Waals surface area contributed by atoms with Crippen molar-refractivity contribution in [3.05, 3.63) is 60.7 Å². The van der Waals surface area contributed by atoms with E-state index in [1.54, 1.807) is 0 Å². The van der Waals surface area contributed by atoms with Gasteiger partial charge < -0.3 is 15.0 Å². The number of nitrogens with one attached hydrogen (secondary N) is 1. The molecule has 5 heteroatoms. The third kappa shape index (κ3) is 5.00. The largest absolute Gasteiger partial charge is 0.491 e. The number of ether oxygens (including phenoxy) is 1. The fraction of sp³-hybridized carbons (Fsp3) is 0.304. The first-order valence-electron chi connectivity index (χ1n) is 9.82. The molecule has 0 spiro atoms. The van der Waals surface area contributed by atoms with Crippen molar-refractivity contribution >= 4 is 17.5 Å². The maximum Gasteiger partial charge on any atom is 0.227 e. The second kappa shape index (κ2) is 9.22. The summed E-state index contributed by atoms with van der Waals surface area (Å²) in [6, 6.07) is 20.1. The van der Waals surface area contributed by atoms with Gasteiger partial charge in [-0.2, -0.15) is 4.98 Å². The zero-order valence-corrected chi connectivity index (χ0v) is 17.0. The van der Waals surface area contributed by atoms with Crippen LogP contribution in [0.25, 0.3) is 11.3 Å². The van der Waals surface area contributed by atoms with Gasteiger partial charge in [0.2, 0.25) is 5.95 Å². The quantitative estimate of drug-likeness (QED) is 0.561. The van der Waals surface area contributed by atoms with Gasteiger partial charge in [-0.25, -0.2) is 4.98 Å². The molecule has 0 amide bonds. The zero-order valence-electron chi connectivity index (χ0n) is 17.0. The number of benzene rings is 2. The predicted molar refractivity (Wildman–Crippen MR) is 117 cm³/mol. The van der Waals surface area contributed by atoms with Crippen molar-refractivity contribution in [2.45, 2.75) is 33.8 Å². The van der Waals surface area contributed by atoms with Gasteiger partial charge in [-0.3, -0.25) is 0 Å². The van der Waals surface area contributed by atoms with Gasteiger partial charge in [-0.1, -0.05) is 30.3 Å². The average molecular weight is 377 g/mol. The minimum atomic E-state index is 0.158. The molecule has 0 unspecified atom stereocenters. The first-order chi connectivity index (χ1) is 13.6. The molecule has 28 heavy (non-hydrogen) atoms. The Balaban J connectivity index is 1.92. The number of anilines is 3. The lowest BCUT2D eigenvalue weighted by molar-refractivity contribution is 0.242. The molecule has 0 aliphatic carbocycles. The molecule has 0 aliphatic heterocycles. The lowest BCUT2D eigenvalue weighted by Crippen LogP contribution is -2.24. The molecule has 3 rings (SSSR count). The van der Waals surface area contributed by atoms with Crippen LogP contribution in [0.4, 0.5) is 17.5 Å². The summed E-state index contributed by atoms with van der Waals surface area (Å²) < 4.78 is 5.72. The van der Waals surface area contributed by atoms with Crippen molar-refractivity contribution in [3.63, 3.8) is 0 Å². The SMILES string of the molecule is CCN(CC)c1nc(Nc2ccc(OC(C)C)cc2)cc(-c2ccccc2)n1. The van der Waals surface area contributed by atoms with Crippen molar-refractivity contribution in [1.29, 1.82) is 0 Å². The molecule has 2 aromatic carbocycles. The molecule has 3 aromatic rings. The highest BCUT2D eigenvalue weighted by Gasteiger charge is 2.11. The van der Waals surface area contributed by atoms with Gasteiger partial charge >= 0.3 is 0 Å². The summed E-state index contributed by atoms with van der Waals surface area (Å²) in [6.45, 7) is 9.98. The molecule has 1 aromatic heterocycles. The molecule has 0 atom stereocenters. The molecular formula is C23H28N4O. The van der Waals surface area contributed by atoms with E-state index >= 15 is 0 Å². The molecule has 0 saturated carbocycles. The minimum Gasteiger partial charge on any atom is -0.491 e. The van der Waals surface area contributed by atoms with Gasteiger partial charge in [0.15, 0.2) is 0 Å². The summed E-state index contributed by atoms with van der Waals surface area (Å²) in [7, 11) is 0. The van der Waals surface area contributed by atoms with E-state index in [-0.39, 0.29) is 6.10 Å². The fourth-order valence-electron chi connectivity index (χ4n) is 2.94. The summed E-state index contributed by atoms with van der Waals surface area (Å²) in [5, 5.41) is 3.40. The van der Waals surface area contributed by atoms with Crippen LogP contribution in [0, 0.1) is 0 Å². The Hall–Kier alpha value is -3.08. The molecule has 0 saturated heterocycles. The molecule has 146 valence electrons. The van der Waals surface area contributed by atoms with Crippen LogP contribution in [0.15, 0.2) is 60.7 Å². The second-order valence-electron chi connectivity index (χ2n) is 6.79. The molecule has 0 radical (unpaired) electrons. The smallest absolute Gasteiger partial charge is 0.227 e. The van der Waals surface area contributed by atoms with Crippen LogP contribution in [-0.4, -0.2) is 29.2 Å². The Kier molecular flexibility index (Phi) is 6.48. The highest BCUT2D eigenvalue weighted by Crippen LogP contribution is 2.26. The molecule has 0 aliphatic rings. The molecule has 0 bridgehead atoms. The van der Waals surface area contributed by atoms with E-state index in [9.17, 15) is 0 Å². The Bertz CT molecular complexity index is 875. The first kappa shape index (κ1) is 19.7. The normalized spacial score (nSPS) is 10.8. The molecule has 1 N–H and O–H groups in total. The maximum atomic E-state index is 5.72. The van der Waals surface area contributed by atoms with Crippen molar-refractivity contribution < 1.29 is 4.74 Å². The van der Waals surface area contributed by atoms with Crippen LogP contribution >= 0.6 is 0 Å². The van der Waals surface area contributed by atoms with Crippen LogP contribution in [0.1, 0.15) is 27.7 Å². The van der Waals surface area contributed by atoms with Crippen LogP contribution in [0.2, 0.25) is 0 Å². The lowest BCUT2D eigenvalue weighted by atomic mass is 10.1. The van der Waals surface area contributed by atoms with E-state index in [4.69, 9.17) is 14.7 Å². The third-order valence-corrected chi connectivity index (χ3v) is 4.33. The van der Waals surface area contributed by atoms with Crippen molar-refractivity contribution in [2.75, 3.05) is 23.3 Å². The second-order valence-corrected chi connectivity index (χ2v) is 6.79. The van der Waals surface area contributed by atoms with Gasteiger partial charge in [0.05, 0.1) is 11.8 Å². The zero-order chi connectivity index (χ0) is 19.9. The van der Waals surface area contributed by atoms with Crippen molar-refractivity contribution in [2.24, 2.45) is 0 Å². The van der Waals surface area contributed by atoms with Crippen LogP contribution < -0.4 is 15.0 Å². The molecule has 1 heterocycles. The predicted octanol–water partition coefficient (Wildman–Crippen LogP) is 5.52. The third-order valence-electron chi connectivity index (χ3n) is 4.33. The molecule has 0 fully saturated rings. The van der Waals surface area contributed by atoms with Gasteiger partial charge in [0.25, 0.3) is 0 Å². The standard InChI is InChI=1S/C23H28N4O/c1-5-27(6-2)23-25-21(18-10-8-7-9-11-18)16-22(26-23)24-19-12-14-20(15-13-19)28-17(3)4/h7-17H,5-6H2,1-4H3,(H,24,25,26). The Morgan fingerprint density at radius 2 is 1.61 bits per heavy atom. The lowest BCUT2D eigenvalue weighted by Gasteiger charge is -2.20. The Labute approximate surface area is 167 Å². The number of rotatable bonds is 8. The number of aromatic nitrogens is 2. The Morgan fingerprint density at radius 3 is 2.21 bits per heavy atom. The van der Waals surface area contributed by atoms with Gasteiger partial charge in [-0.05, 0) is 52.0 Å². The van der Waals surface area contributed by atoms with Gasteiger partial charge in [0, 0.05) is 30.4 Å². The number of nitrogens with zero attached hydrogens (tertiary/aromatic N) is 3. The summed E-state index contributed by atoms with van der Waals surface area (Å²) in [6.07, 6.45) is 0.158. The summed E-state index contributed by atoms with van der Waals surface area (Å²) in [5.74, 6) is 2.36. The summed E-state index contributed by atoms with van der Waals surface area (Å²) in [5.41, 5.74) is 2.93. The molecule has 5 nitrogen and oxygen atoms in total. The summed E-state index contributed by atoms with van der Waals surface area (Å²) in [4.78, 5) is 11.7. The average Bonchev–Trinajstić information content (AvgIpc) is 2.71. The minimum absolute atomic E-state index is 0.158. The van der Waals surface area contributed by atoms with Crippen LogP contribution in [0.3, 0.4) is 0 Å². The Morgan fingerprint density at radius 1 is 0.929 bits per heavy atom. The van der Waals surface area contributed by atoms with Crippen molar-refractivity contribution in [1.82, 2.24) is 9.97 Å². The van der Waals surface area contributed by atoms with E-state index in [0.717, 1.165) is 47.5 Å². The van der Waals surface area contributed by atoms with Gasteiger partial charge in [0.1, 0.15) is 11.6 Å². The maximum absolute atomic E-state index is 5.72. The fourth-order valence-corrected chi connectivity index (χ4v) is 2.94. The van der Waals surface area contributed by atoms with E-state index < -0.39 is 0 Å². The van der Waals surface area contributed by atoms with E-state index in [1.807, 2.05) is 62.4 Å². The first-order valence-corrected chi connectivity index (χ1v) is 9.82. The monoisotopic (exact) mass is 376 g/mol.